The van der Waals surface area contributed by atoms with Gasteiger partial charge in [-0.15, -0.1) is 0 Å². The Hall–Kier alpha value is -2.37. The van der Waals surface area contributed by atoms with Crippen molar-refractivity contribution in [1.29, 1.82) is 0 Å². The summed E-state index contributed by atoms with van der Waals surface area (Å²) in [5, 5.41) is 12.5. The quantitative estimate of drug-likeness (QED) is 0.688. The van der Waals surface area contributed by atoms with E-state index in [1.165, 1.54) is 12.8 Å². The van der Waals surface area contributed by atoms with Crippen molar-refractivity contribution in [2.75, 3.05) is 33.4 Å². The SMILES string of the molecule is COc1ccccc1-c1cccc(C(=O)NCCCN2CCCC[C@H]2CO)c1. The van der Waals surface area contributed by atoms with Crippen LogP contribution in [0, 0.1) is 0 Å². The van der Waals surface area contributed by atoms with Crippen LogP contribution in [-0.4, -0.2) is 55.3 Å². The maximum Gasteiger partial charge on any atom is 0.251 e. The molecule has 1 amide bonds. The highest BCUT2D eigenvalue weighted by atomic mass is 16.5. The number of nitrogens with one attached hydrogen (secondary N) is 1. The number of aliphatic hydroxyl groups excluding tert-OH is 1. The van der Waals surface area contributed by atoms with Crippen molar-refractivity contribution in [3.05, 3.63) is 54.1 Å². The topological polar surface area (TPSA) is 61.8 Å². The Kier molecular flexibility index (Phi) is 7.46. The fourth-order valence-electron chi connectivity index (χ4n) is 3.86. The molecule has 0 spiro atoms. The number of nitrogens with zero attached hydrogens (tertiary/aromatic N) is 1. The number of hydrogen-bond acceptors (Lipinski definition) is 4. The van der Waals surface area contributed by atoms with E-state index in [1.54, 1.807) is 7.11 Å². The smallest absolute Gasteiger partial charge is 0.251 e. The fourth-order valence-corrected chi connectivity index (χ4v) is 3.86. The van der Waals surface area contributed by atoms with Gasteiger partial charge in [0, 0.05) is 30.3 Å². The molecule has 1 aliphatic rings. The highest BCUT2D eigenvalue weighted by molar-refractivity contribution is 5.95. The lowest BCUT2D eigenvalue weighted by Gasteiger charge is -2.34. The van der Waals surface area contributed by atoms with Gasteiger partial charge < -0.3 is 15.2 Å². The van der Waals surface area contributed by atoms with E-state index in [9.17, 15) is 9.90 Å². The minimum Gasteiger partial charge on any atom is -0.496 e. The molecule has 0 radical (unpaired) electrons. The van der Waals surface area contributed by atoms with Gasteiger partial charge in [0.2, 0.25) is 0 Å². The molecular weight excluding hydrogens is 352 g/mol. The Bertz CT molecular complexity index is 778. The minimum atomic E-state index is -0.0610. The maximum atomic E-state index is 12.6. The third-order valence-corrected chi connectivity index (χ3v) is 5.41. The van der Waals surface area contributed by atoms with Crippen LogP contribution in [0.3, 0.4) is 0 Å². The average Bonchev–Trinajstić information content (AvgIpc) is 2.76. The molecule has 1 fully saturated rings. The van der Waals surface area contributed by atoms with Crippen molar-refractivity contribution in [1.82, 2.24) is 10.2 Å². The van der Waals surface area contributed by atoms with E-state index in [-0.39, 0.29) is 18.6 Å². The number of benzene rings is 2. The molecule has 1 saturated heterocycles. The van der Waals surface area contributed by atoms with Crippen molar-refractivity contribution in [2.45, 2.75) is 31.7 Å². The number of para-hydroxylation sites is 1. The van der Waals surface area contributed by atoms with Gasteiger partial charge in [-0.2, -0.15) is 0 Å². The van der Waals surface area contributed by atoms with E-state index in [0.717, 1.165) is 42.8 Å². The number of methoxy groups -OCH3 is 1. The van der Waals surface area contributed by atoms with Gasteiger partial charge in [-0.3, -0.25) is 9.69 Å². The molecule has 0 aromatic heterocycles. The summed E-state index contributed by atoms with van der Waals surface area (Å²) in [6, 6.07) is 15.7. The van der Waals surface area contributed by atoms with E-state index in [2.05, 4.69) is 10.2 Å². The zero-order valence-electron chi connectivity index (χ0n) is 16.6. The molecular formula is C23H30N2O3. The fraction of sp³-hybridized carbons (Fsp3) is 0.435. The maximum absolute atomic E-state index is 12.6. The first-order valence-electron chi connectivity index (χ1n) is 10.1. The Morgan fingerprint density at radius 3 is 2.89 bits per heavy atom. The van der Waals surface area contributed by atoms with Crippen molar-refractivity contribution in [3.8, 4) is 16.9 Å². The second-order valence-corrected chi connectivity index (χ2v) is 7.26. The van der Waals surface area contributed by atoms with Gasteiger partial charge in [0.1, 0.15) is 5.75 Å². The van der Waals surface area contributed by atoms with Gasteiger partial charge in [0.25, 0.3) is 5.91 Å². The van der Waals surface area contributed by atoms with E-state index in [1.807, 2.05) is 48.5 Å². The molecule has 0 saturated carbocycles. The predicted molar refractivity (Wildman–Crippen MR) is 112 cm³/mol. The Labute approximate surface area is 167 Å². The summed E-state index contributed by atoms with van der Waals surface area (Å²) in [4.78, 5) is 14.9. The van der Waals surface area contributed by atoms with E-state index in [4.69, 9.17) is 4.74 Å². The van der Waals surface area contributed by atoms with Crippen LogP contribution in [0.2, 0.25) is 0 Å². The van der Waals surface area contributed by atoms with Crippen molar-refractivity contribution < 1.29 is 14.6 Å². The molecule has 5 heteroatoms. The molecule has 28 heavy (non-hydrogen) atoms. The molecule has 0 bridgehead atoms. The third kappa shape index (κ3) is 5.12. The van der Waals surface area contributed by atoms with Crippen LogP contribution in [-0.2, 0) is 0 Å². The number of amides is 1. The van der Waals surface area contributed by atoms with Gasteiger partial charge >= 0.3 is 0 Å². The molecule has 1 atom stereocenters. The van der Waals surface area contributed by atoms with Gasteiger partial charge in [-0.05, 0) is 49.6 Å². The second-order valence-electron chi connectivity index (χ2n) is 7.26. The summed E-state index contributed by atoms with van der Waals surface area (Å²) in [6.07, 6.45) is 4.34. The van der Waals surface area contributed by atoms with Gasteiger partial charge in [0.05, 0.1) is 13.7 Å². The number of ether oxygens (including phenoxy) is 1. The zero-order chi connectivity index (χ0) is 19.8. The predicted octanol–water partition coefficient (Wildman–Crippen LogP) is 3.33. The standard InChI is InChI=1S/C23H30N2O3/c1-28-22-12-3-2-11-21(22)18-8-6-9-19(16-18)23(27)24-13-7-15-25-14-5-4-10-20(25)17-26/h2-3,6,8-9,11-12,16,20,26H,4-5,7,10,13-15,17H2,1H3,(H,24,27)/t20-/m0/s1. The largest absolute Gasteiger partial charge is 0.496 e. The average molecular weight is 383 g/mol. The highest BCUT2D eigenvalue weighted by Crippen LogP contribution is 2.29. The number of carbonyl (C=O) groups excluding carboxylic acids is 1. The van der Waals surface area contributed by atoms with Crippen LogP contribution in [0.1, 0.15) is 36.0 Å². The summed E-state index contributed by atoms with van der Waals surface area (Å²) in [5.74, 6) is 0.731. The van der Waals surface area contributed by atoms with Crippen molar-refractivity contribution in [2.24, 2.45) is 0 Å². The summed E-state index contributed by atoms with van der Waals surface area (Å²) in [6.45, 7) is 2.81. The zero-order valence-corrected chi connectivity index (χ0v) is 16.6. The number of likely N-dealkylation sites (tertiary alicyclic amines) is 1. The lowest BCUT2D eigenvalue weighted by molar-refractivity contribution is 0.0868. The first kappa shape index (κ1) is 20.4. The lowest BCUT2D eigenvalue weighted by atomic mass is 10.0. The molecule has 5 nitrogen and oxygen atoms in total. The molecule has 2 N–H and O–H groups in total. The molecule has 0 unspecified atom stereocenters. The van der Waals surface area contributed by atoms with Crippen LogP contribution in [0.15, 0.2) is 48.5 Å². The monoisotopic (exact) mass is 382 g/mol. The normalized spacial score (nSPS) is 17.3. The van der Waals surface area contributed by atoms with Gasteiger partial charge in [-0.25, -0.2) is 0 Å². The third-order valence-electron chi connectivity index (χ3n) is 5.41. The van der Waals surface area contributed by atoms with Crippen molar-refractivity contribution >= 4 is 5.91 Å². The highest BCUT2D eigenvalue weighted by Gasteiger charge is 2.20. The Morgan fingerprint density at radius 1 is 1.21 bits per heavy atom. The van der Waals surface area contributed by atoms with E-state index >= 15 is 0 Å². The van der Waals surface area contributed by atoms with Crippen molar-refractivity contribution in [3.63, 3.8) is 0 Å². The summed E-state index contributed by atoms with van der Waals surface area (Å²) in [7, 11) is 1.65. The van der Waals surface area contributed by atoms with Gasteiger partial charge in [-0.1, -0.05) is 36.8 Å². The Balaban J connectivity index is 1.55. The van der Waals surface area contributed by atoms with E-state index < -0.39 is 0 Å². The second kappa shape index (κ2) is 10.2. The van der Waals surface area contributed by atoms with E-state index in [0.29, 0.717) is 12.1 Å². The number of piperidine rings is 1. The number of aliphatic hydroxyl groups is 1. The van der Waals surface area contributed by atoms with Crippen LogP contribution in [0.25, 0.3) is 11.1 Å². The van der Waals surface area contributed by atoms with Crippen LogP contribution >= 0.6 is 0 Å². The van der Waals surface area contributed by atoms with Crippen LogP contribution in [0.5, 0.6) is 5.75 Å². The Morgan fingerprint density at radius 2 is 2.07 bits per heavy atom. The summed E-state index contributed by atoms with van der Waals surface area (Å²) >= 11 is 0. The minimum absolute atomic E-state index is 0.0610. The molecule has 2 aromatic carbocycles. The lowest BCUT2D eigenvalue weighted by Crippen LogP contribution is -2.43. The molecule has 1 aliphatic heterocycles. The number of rotatable bonds is 8. The summed E-state index contributed by atoms with van der Waals surface area (Å²) in [5.41, 5.74) is 2.58. The molecule has 150 valence electrons. The number of hydrogen-bond donors (Lipinski definition) is 2. The first-order chi connectivity index (χ1) is 13.7. The van der Waals surface area contributed by atoms with Crippen LogP contribution in [0.4, 0.5) is 0 Å². The van der Waals surface area contributed by atoms with Crippen LogP contribution < -0.4 is 10.1 Å². The van der Waals surface area contributed by atoms with Gasteiger partial charge in [0.15, 0.2) is 0 Å². The molecule has 2 aromatic rings. The molecule has 0 aliphatic carbocycles. The molecule has 1 heterocycles. The molecule has 3 rings (SSSR count). The summed E-state index contributed by atoms with van der Waals surface area (Å²) < 4.78 is 5.43. The first-order valence-corrected chi connectivity index (χ1v) is 10.1. The number of carbonyl (C=O) groups is 1.